The standard InChI is InChI=1S/C25H21F3N2O4S/c26-25(27,28)22-15-24(32)29-23-9-6-18(14-21(22)23)12-17-4-7-20(8-5-17)35(33,34)30-19-3-1-2-16(13-19)10-11-31/h1-9,13-15,30-31H,10-12H2,(H,29,32). The number of alkyl halides is 3. The van der Waals surface area contributed by atoms with Crippen LogP contribution in [0.5, 0.6) is 0 Å². The summed E-state index contributed by atoms with van der Waals surface area (Å²) in [5.74, 6) is 0. The molecular formula is C25H21F3N2O4S. The van der Waals surface area contributed by atoms with Crippen molar-refractivity contribution in [1.29, 1.82) is 0 Å². The summed E-state index contributed by atoms with van der Waals surface area (Å²) in [5, 5.41) is 8.95. The van der Waals surface area contributed by atoms with Crippen molar-refractivity contribution in [1.82, 2.24) is 4.98 Å². The van der Waals surface area contributed by atoms with E-state index in [1.165, 1.54) is 24.3 Å². The maximum atomic E-state index is 13.4. The molecule has 1 heterocycles. The molecular weight excluding hydrogens is 481 g/mol. The van der Waals surface area contributed by atoms with Crippen LogP contribution in [0.3, 0.4) is 0 Å². The van der Waals surface area contributed by atoms with Gasteiger partial charge < -0.3 is 10.1 Å². The highest BCUT2D eigenvalue weighted by Crippen LogP contribution is 2.33. The number of benzene rings is 3. The third-order valence-electron chi connectivity index (χ3n) is 5.43. The summed E-state index contributed by atoms with van der Waals surface area (Å²) in [6.45, 7) is -0.0513. The number of aromatic nitrogens is 1. The van der Waals surface area contributed by atoms with Crippen LogP contribution in [0.25, 0.3) is 10.9 Å². The van der Waals surface area contributed by atoms with Crippen molar-refractivity contribution >= 4 is 26.6 Å². The summed E-state index contributed by atoms with van der Waals surface area (Å²) < 4.78 is 68.2. The number of aliphatic hydroxyl groups excluding tert-OH is 1. The zero-order valence-corrected chi connectivity index (χ0v) is 19.1. The first-order chi connectivity index (χ1) is 16.5. The van der Waals surface area contributed by atoms with Gasteiger partial charge in [0.2, 0.25) is 5.56 Å². The molecule has 3 N–H and O–H groups in total. The Bertz CT molecular complexity index is 1530. The first kappa shape index (κ1) is 24.5. The fraction of sp³-hybridized carbons (Fsp3) is 0.160. The van der Waals surface area contributed by atoms with E-state index < -0.39 is 27.3 Å². The zero-order chi connectivity index (χ0) is 25.2. The second-order valence-corrected chi connectivity index (χ2v) is 9.71. The van der Waals surface area contributed by atoms with E-state index in [1.54, 1.807) is 42.5 Å². The number of hydrogen-bond donors (Lipinski definition) is 3. The SMILES string of the molecule is O=c1cc(C(F)(F)F)c2cc(Cc3ccc(S(=O)(=O)Nc4cccc(CCO)c4)cc3)ccc2[nH]1. The summed E-state index contributed by atoms with van der Waals surface area (Å²) in [6.07, 6.45) is -4.01. The van der Waals surface area contributed by atoms with Crippen LogP contribution in [-0.4, -0.2) is 25.1 Å². The number of hydrogen-bond acceptors (Lipinski definition) is 4. The van der Waals surface area contributed by atoms with E-state index >= 15 is 0 Å². The number of halogens is 3. The van der Waals surface area contributed by atoms with Gasteiger partial charge in [-0.3, -0.25) is 9.52 Å². The fourth-order valence-corrected chi connectivity index (χ4v) is 4.85. The van der Waals surface area contributed by atoms with Crippen molar-refractivity contribution in [2.45, 2.75) is 23.9 Å². The normalized spacial score (nSPS) is 12.1. The van der Waals surface area contributed by atoms with Gasteiger partial charge in [0.15, 0.2) is 0 Å². The molecule has 6 nitrogen and oxygen atoms in total. The van der Waals surface area contributed by atoms with Gasteiger partial charge in [-0.05, 0) is 65.9 Å². The van der Waals surface area contributed by atoms with Crippen molar-refractivity contribution in [3.8, 4) is 0 Å². The van der Waals surface area contributed by atoms with Crippen molar-refractivity contribution in [3.05, 3.63) is 105 Å². The van der Waals surface area contributed by atoms with Crippen molar-refractivity contribution in [2.75, 3.05) is 11.3 Å². The summed E-state index contributed by atoms with van der Waals surface area (Å²) in [7, 11) is -3.86. The molecule has 0 radical (unpaired) electrons. The molecule has 0 spiro atoms. The van der Waals surface area contributed by atoms with Crippen LogP contribution in [0.15, 0.2) is 82.5 Å². The molecule has 0 atom stereocenters. The molecule has 0 fully saturated rings. The van der Waals surface area contributed by atoms with E-state index in [-0.39, 0.29) is 28.8 Å². The van der Waals surface area contributed by atoms with E-state index in [9.17, 15) is 26.4 Å². The van der Waals surface area contributed by atoms with E-state index in [0.717, 1.165) is 5.56 Å². The molecule has 0 bridgehead atoms. The highest BCUT2D eigenvalue weighted by Gasteiger charge is 2.33. The molecule has 3 aromatic carbocycles. The Kier molecular flexibility index (Phi) is 6.68. The Hall–Kier alpha value is -3.63. The van der Waals surface area contributed by atoms with E-state index in [0.29, 0.717) is 29.3 Å². The van der Waals surface area contributed by atoms with Crippen molar-refractivity contribution in [3.63, 3.8) is 0 Å². The molecule has 0 aliphatic heterocycles. The van der Waals surface area contributed by atoms with E-state index in [1.807, 2.05) is 0 Å². The van der Waals surface area contributed by atoms with Crippen LogP contribution in [0, 0.1) is 0 Å². The largest absolute Gasteiger partial charge is 0.417 e. The lowest BCUT2D eigenvalue weighted by Crippen LogP contribution is -2.14. The number of fused-ring (bicyclic) bond motifs is 1. The molecule has 0 saturated carbocycles. The number of rotatable bonds is 7. The van der Waals surface area contributed by atoms with Gasteiger partial charge in [-0.15, -0.1) is 0 Å². The first-order valence-corrected chi connectivity index (χ1v) is 12.1. The molecule has 0 unspecified atom stereocenters. The third-order valence-corrected chi connectivity index (χ3v) is 6.83. The van der Waals surface area contributed by atoms with Crippen LogP contribution < -0.4 is 10.3 Å². The minimum Gasteiger partial charge on any atom is -0.396 e. The van der Waals surface area contributed by atoms with E-state index in [4.69, 9.17) is 5.11 Å². The number of anilines is 1. The predicted octanol–water partition coefficient (Wildman–Crippen LogP) is 4.47. The molecule has 35 heavy (non-hydrogen) atoms. The van der Waals surface area contributed by atoms with Crippen molar-refractivity contribution < 1.29 is 26.7 Å². The highest BCUT2D eigenvalue weighted by atomic mass is 32.2. The lowest BCUT2D eigenvalue weighted by atomic mass is 10.0. The lowest BCUT2D eigenvalue weighted by Gasteiger charge is -2.12. The van der Waals surface area contributed by atoms with Gasteiger partial charge in [-0.2, -0.15) is 13.2 Å². The van der Waals surface area contributed by atoms with Gasteiger partial charge in [0.25, 0.3) is 10.0 Å². The molecule has 0 aliphatic carbocycles. The molecule has 182 valence electrons. The minimum atomic E-state index is -4.67. The van der Waals surface area contributed by atoms with E-state index in [2.05, 4.69) is 9.71 Å². The number of H-pyrrole nitrogens is 1. The average molecular weight is 503 g/mol. The summed E-state index contributed by atoms with van der Waals surface area (Å²) in [6, 6.07) is 17.7. The molecule has 0 amide bonds. The third kappa shape index (κ3) is 5.72. The topological polar surface area (TPSA) is 99.3 Å². The lowest BCUT2D eigenvalue weighted by molar-refractivity contribution is -0.136. The van der Waals surface area contributed by atoms with Gasteiger partial charge in [0, 0.05) is 29.3 Å². The van der Waals surface area contributed by atoms with Crippen molar-refractivity contribution in [2.24, 2.45) is 0 Å². The Labute approximate surface area is 199 Å². The first-order valence-electron chi connectivity index (χ1n) is 10.6. The van der Waals surface area contributed by atoms with Gasteiger partial charge in [-0.25, -0.2) is 8.42 Å². The molecule has 0 saturated heterocycles. The Morgan fingerprint density at radius 1 is 0.886 bits per heavy atom. The quantitative estimate of drug-likeness (QED) is 0.347. The van der Waals surface area contributed by atoms with Gasteiger partial charge in [0.05, 0.1) is 10.5 Å². The predicted molar refractivity (Wildman–Crippen MR) is 127 cm³/mol. The number of nitrogens with one attached hydrogen (secondary N) is 2. The van der Waals surface area contributed by atoms with Crippen LogP contribution in [0.4, 0.5) is 18.9 Å². The highest BCUT2D eigenvalue weighted by molar-refractivity contribution is 7.92. The van der Waals surface area contributed by atoms with Gasteiger partial charge >= 0.3 is 6.18 Å². The van der Waals surface area contributed by atoms with Crippen LogP contribution in [-0.2, 0) is 29.0 Å². The Morgan fingerprint density at radius 2 is 1.60 bits per heavy atom. The van der Waals surface area contributed by atoms with Crippen LogP contribution >= 0.6 is 0 Å². The number of aliphatic hydroxyl groups is 1. The average Bonchev–Trinajstić information content (AvgIpc) is 2.79. The minimum absolute atomic E-state index is 0.0317. The Balaban J connectivity index is 1.56. The fourth-order valence-electron chi connectivity index (χ4n) is 3.80. The maximum absolute atomic E-state index is 13.4. The Morgan fingerprint density at radius 3 is 2.29 bits per heavy atom. The number of sulfonamides is 1. The smallest absolute Gasteiger partial charge is 0.396 e. The zero-order valence-electron chi connectivity index (χ0n) is 18.3. The van der Waals surface area contributed by atoms with Crippen LogP contribution in [0.1, 0.15) is 22.3 Å². The summed E-state index contributed by atoms with van der Waals surface area (Å²) >= 11 is 0. The van der Waals surface area contributed by atoms with Gasteiger partial charge in [-0.1, -0.05) is 30.3 Å². The molecule has 4 rings (SSSR count). The number of pyridine rings is 1. The van der Waals surface area contributed by atoms with Gasteiger partial charge in [0.1, 0.15) is 0 Å². The summed E-state index contributed by atoms with van der Waals surface area (Å²) in [5.41, 5.74) is 0.683. The molecule has 0 aliphatic rings. The summed E-state index contributed by atoms with van der Waals surface area (Å²) in [4.78, 5) is 14.0. The molecule has 1 aromatic heterocycles. The monoisotopic (exact) mass is 502 g/mol. The number of aromatic amines is 1. The molecule has 10 heteroatoms. The molecule has 4 aromatic rings. The van der Waals surface area contributed by atoms with Crippen LogP contribution in [0.2, 0.25) is 0 Å². The second-order valence-electron chi connectivity index (χ2n) is 8.03. The maximum Gasteiger partial charge on any atom is 0.417 e. The second kappa shape index (κ2) is 9.55.